The van der Waals surface area contributed by atoms with E-state index >= 15 is 0 Å². The van der Waals surface area contributed by atoms with Gasteiger partial charge in [-0.25, -0.2) is 4.98 Å². The lowest BCUT2D eigenvalue weighted by Crippen LogP contribution is -2.24. The summed E-state index contributed by atoms with van der Waals surface area (Å²) in [5.74, 6) is 0.874. The van der Waals surface area contributed by atoms with Crippen LogP contribution in [-0.4, -0.2) is 26.1 Å². The summed E-state index contributed by atoms with van der Waals surface area (Å²) in [5.41, 5.74) is 2.78. The van der Waals surface area contributed by atoms with Crippen molar-refractivity contribution >= 4 is 50.0 Å². The number of thioether (sulfide) groups is 1. The van der Waals surface area contributed by atoms with Crippen LogP contribution in [0.25, 0.3) is 21.1 Å². The van der Waals surface area contributed by atoms with Crippen molar-refractivity contribution in [2.75, 3.05) is 5.75 Å². The van der Waals surface area contributed by atoms with Crippen molar-refractivity contribution in [2.24, 2.45) is 5.92 Å². The number of ketones is 1. The van der Waals surface area contributed by atoms with Crippen molar-refractivity contribution in [3.8, 4) is 0 Å². The molecule has 7 heteroatoms. The molecule has 0 amide bonds. The van der Waals surface area contributed by atoms with Crippen LogP contribution in [0.4, 0.5) is 0 Å². The van der Waals surface area contributed by atoms with Gasteiger partial charge in [-0.3, -0.25) is 14.2 Å². The number of H-pyrrole nitrogens is 1. The van der Waals surface area contributed by atoms with E-state index in [0.29, 0.717) is 23.2 Å². The number of rotatable bonds is 6. The van der Waals surface area contributed by atoms with Crippen molar-refractivity contribution in [1.29, 1.82) is 0 Å². The number of aromatic amines is 1. The van der Waals surface area contributed by atoms with Gasteiger partial charge >= 0.3 is 0 Å². The first kappa shape index (κ1) is 20.3. The molecule has 5 rings (SSSR count). The number of fused-ring (bicyclic) bond motifs is 4. The number of carbonyl (C=O) groups excluding carboxylic acids is 1. The number of aryl methyl sites for hydroxylation is 1. The lowest BCUT2D eigenvalue weighted by Gasteiger charge is -2.17. The third kappa shape index (κ3) is 3.55. The Kier molecular flexibility index (Phi) is 5.32. The Bertz CT molecular complexity index is 1380. The smallest absolute Gasteiger partial charge is 0.263 e. The van der Waals surface area contributed by atoms with Gasteiger partial charge in [0.15, 0.2) is 10.9 Å². The average Bonchev–Trinajstić information content (AvgIpc) is 3.35. The minimum atomic E-state index is -0.0148. The first-order valence-corrected chi connectivity index (χ1v) is 12.2. The molecule has 3 heterocycles. The van der Waals surface area contributed by atoms with Gasteiger partial charge < -0.3 is 4.98 Å². The molecule has 158 valence electrons. The van der Waals surface area contributed by atoms with Crippen molar-refractivity contribution in [2.45, 2.75) is 37.9 Å². The molecule has 0 fully saturated rings. The fraction of sp³-hybridized carbons (Fsp3) is 0.292. The number of hydrogen-bond acceptors (Lipinski definition) is 5. The second-order valence-corrected chi connectivity index (χ2v) is 10.1. The molecule has 0 saturated heterocycles. The lowest BCUT2D eigenvalue weighted by molar-refractivity contribution is 0.102. The zero-order valence-electron chi connectivity index (χ0n) is 17.3. The molecule has 1 atom stereocenters. The molecule has 1 aliphatic rings. The van der Waals surface area contributed by atoms with Crippen LogP contribution in [0.3, 0.4) is 0 Å². The van der Waals surface area contributed by atoms with Gasteiger partial charge in [0, 0.05) is 34.1 Å². The summed E-state index contributed by atoms with van der Waals surface area (Å²) in [6.07, 6.45) is 6.53. The number of nitrogens with one attached hydrogen (secondary N) is 1. The minimum absolute atomic E-state index is 0.0148. The average molecular weight is 450 g/mol. The predicted molar refractivity (Wildman–Crippen MR) is 129 cm³/mol. The second-order valence-electron chi connectivity index (χ2n) is 8.09. The van der Waals surface area contributed by atoms with Crippen LogP contribution < -0.4 is 5.56 Å². The third-order valence-electron chi connectivity index (χ3n) is 5.91. The predicted octanol–water partition coefficient (Wildman–Crippen LogP) is 5.23. The number of para-hydroxylation sites is 1. The van der Waals surface area contributed by atoms with Gasteiger partial charge in [0.1, 0.15) is 4.83 Å². The molecule has 0 radical (unpaired) electrons. The van der Waals surface area contributed by atoms with E-state index in [0.717, 1.165) is 40.4 Å². The highest BCUT2D eigenvalue weighted by molar-refractivity contribution is 7.99. The number of hydrogen-bond donors (Lipinski definition) is 1. The zero-order valence-corrected chi connectivity index (χ0v) is 18.9. The number of benzene rings is 1. The fourth-order valence-corrected chi connectivity index (χ4v) is 6.63. The molecular weight excluding hydrogens is 426 g/mol. The van der Waals surface area contributed by atoms with E-state index in [1.54, 1.807) is 28.2 Å². The van der Waals surface area contributed by atoms with E-state index in [-0.39, 0.29) is 17.1 Å². The molecular formula is C24H23N3O2S2. The second kappa shape index (κ2) is 8.13. The highest BCUT2D eigenvalue weighted by atomic mass is 32.2. The van der Waals surface area contributed by atoms with Crippen LogP contribution in [-0.2, 0) is 19.4 Å². The van der Waals surface area contributed by atoms with Crippen molar-refractivity contribution in [3.63, 3.8) is 0 Å². The summed E-state index contributed by atoms with van der Waals surface area (Å²) in [6.45, 7) is 6.45. The summed E-state index contributed by atoms with van der Waals surface area (Å²) in [5, 5.41) is 2.26. The molecule has 1 aromatic carbocycles. The summed E-state index contributed by atoms with van der Waals surface area (Å²) >= 11 is 2.96. The first-order valence-electron chi connectivity index (χ1n) is 10.4. The van der Waals surface area contributed by atoms with Gasteiger partial charge in [-0.1, -0.05) is 43.0 Å². The number of allylic oxidation sites excluding steroid dienone is 1. The molecule has 4 aromatic rings. The highest BCUT2D eigenvalue weighted by Gasteiger charge is 2.25. The minimum Gasteiger partial charge on any atom is -0.360 e. The van der Waals surface area contributed by atoms with Gasteiger partial charge in [0.05, 0.1) is 11.1 Å². The van der Waals surface area contributed by atoms with Crippen LogP contribution in [0, 0.1) is 5.92 Å². The fourth-order valence-electron chi connectivity index (χ4n) is 4.32. The van der Waals surface area contributed by atoms with Gasteiger partial charge in [0.2, 0.25) is 0 Å². The van der Waals surface area contributed by atoms with Crippen molar-refractivity contribution < 1.29 is 4.79 Å². The van der Waals surface area contributed by atoms with E-state index in [1.807, 2.05) is 24.3 Å². The van der Waals surface area contributed by atoms with Crippen molar-refractivity contribution in [3.05, 3.63) is 69.5 Å². The standard InChI is InChI=1S/C24H23N3O2S2/c1-3-10-27-23(29)21-16-9-8-14(2)11-20(16)31-22(21)26-24(27)30-13-19(28)17-12-25-18-7-5-4-6-15(17)18/h3-7,12,14,25H,1,8-11,13H2,2H3. The SMILES string of the molecule is C=CCn1c(SCC(=O)c2c[nH]c3ccccc23)nc2sc3c(c2c1=O)CCC(C)C3. The summed E-state index contributed by atoms with van der Waals surface area (Å²) < 4.78 is 1.66. The van der Waals surface area contributed by atoms with Gasteiger partial charge in [-0.05, 0) is 36.8 Å². The maximum Gasteiger partial charge on any atom is 0.263 e. The number of nitrogens with zero attached hydrogens (tertiary/aromatic N) is 2. The molecule has 5 nitrogen and oxygen atoms in total. The topological polar surface area (TPSA) is 67.8 Å². The van der Waals surface area contributed by atoms with Gasteiger partial charge in [-0.15, -0.1) is 17.9 Å². The van der Waals surface area contributed by atoms with Crippen LogP contribution >= 0.6 is 23.1 Å². The zero-order chi connectivity index (χ0) is 21.5. The molecule has 3 aromatic heterocycles. The number of thiophene rings is 1. The number of aromatic nitrogens is 3. The van der Waals surface area contributed by atoms with Crippen LogP contribution in [0.1, 0.15) is 34.1 Å². The monoisotopic (exact) mass is 449 g/mol. The molecule has 1 N–H and O–H groups in total. The Labute approximate surface area is 188 Å². The van der Waals surface area contributed by atoms with E-state index in [1.165, 1.54) is 22.2 Å². The molecule has 0 bridgehead atoms. The molecule has 0 aliphatic heterocycles. The molecule has 31 heavy (non-hydrogen) atoms. The largest absolute Gasteiger partial charge is 0.360 e. The van der Waals surface area contributed by atoms with Crippen molar-refractivity contribution in [1.82, 2.24) is 14.5 Å². The first-order chi connectivity index (χ1) is 15.1. The Morgan fingerprint density at radius 1 is 1.42 bits per heavy atom. The maximum atomic E-state index is 13.4. The normalized spacial score (nSPS) is 16.0. The summed E-state index contributed by atoms with van der Waals surface area (Å²) in [7, 11) is 0. The van der Waals surface area contributed by atoms with E-state index in [9.17, 15) is 9.59 Å². The van der Waals surface area contributed by atoms with Gasteiger partial charge in [-0.2, -0.15) is 0 Å². The summed E-state index contributed by atoms with van der Waals surface area (Å²) in [6, 6.07) is 7.77. The van der Waals surface area contributed by atoms with E-state index in [4.69, 9.17) is 4.98 Å². The van der Waals surface area contributed by atoms with E-state index in [2.05, 4.69) is 18.5 Å². The Hall–Kier alpha value is -2.64. The van der Waals surface area contributed by atoms with Gasteiger partial charge in [0.25, 0.3) is 5.56 Å². The summed E-state index contributed by atoms with van der Waals surface area (Å²) in [4.78, 5) is 36.4. The van der Waals surface area contributed by atoms with E-state index < -0.39 is 0 Å². The maximum absolute atomic E-state index is 13.4. The quantitative estimate of drug-likeness (QED) is 0.190. The highest BCUT2D eigenvalue weighted by Crippen LogP contribution is 2.36. The Balaban J connectivity index is 1.50. The third-order valence-corrected chi connectivity index (χ3v) is 8.04. The van der Waals surface area contributed by atoms with Crippen LogP contribution in [0.15, 0.2) is 53.1 Å². The Morgan fingerprint density at radius 3 is 3.10 bits per heavy atom. The number of Topliss-reactive ketones (excluding diaryl/α,β-unsaturated/α-hetero) is 1. The van der Waals surface area contributed by atoms with Crippen LogP contribution in [0.2, 0.25) is 0 Å². The molecule has 1 aliphatic carbocycles. The molecule has 0 saturated carbocycles. The van der Waals surface area contributed by atoms with Crippen LogP contribution in [0.5, 0.6) is 0 Å². The molecule has 0 spiro atoms. The molecule has 1 unspecified atom stereocenters. The number of carbonyl (C=O) groups is 1. The Morgan fingerprint density at radius 2 is 2.26 bits per heavy atom. The lowest BCUT2D eigenvalue weighted by atomic mass is 9.89.